The maximum atomic E-state index is 13.4. The van der Waals surface area contributed by atoms with Gasteiger partial charge in [0.15, 0.2) is 0 Å². The van der Waals surface area contributed by atoms with E-state index in [1.807, 2.05) is 0 Å². The number of hydrogen-bond donors (Lipinski definition) is 2. The van der Waals surface area contributed by atoms with E-state index >= 15 is 0 Å². The van der Waals surface area contributed by atoms with Crippen molar-refractivity contribution in [2.24, 2.45) is 0 Å². The number of carboxylic acid groups (broad SMARTS) is 1. The number of aliphatic hydroxyl groups excluding tert-OH is 1. The van der Waals surface area contributed by atoms with Crippen LogP contribution in [0.2, 0.25) is 25.7 Å². The molecule has 1 heterocycles. The van der Waals surface area contributed by atoms with Gasteiger partial charge in [0.2, 0.25) is 0 Å². The number of rotatable bonds is 7. The molecule has 0 radical (unpaired) electrons. The van der Waals surface area contributed by atoms with E-state index in [9.17, 15) is 9.18 Å². The van der Waals surface area contributed by atoms with Crippen molar-refractivity contribution in [1.82, 2.24) is 4.57 Å². The van der Waals surface area contributed by atoms with E-state index in [0.29, 0.717) is 6.61 Å². The molecule has 0 aliphatic rings. The van der Waals surface area contributed by atoms with E-state index in [1.165, 1.54) is 0 Å². The molecule has 108 valence electrons. The molecule has 0 aliphatic heterocycles. The van der Waals surface area contributed by atoms with Crippen molar-refractivity contribution >= 4 is 14.0 Å². The Balaban J connectivity index is 2.74. The Kier molecular flexibility index (Phi) is 5.27. The second kappa shape index (κ2) is 6.31. The SMILES string of the molecule is C[Si](C)(C)CCOCn1c(C(=O)O)cc(F)c1CO. The monoisotopic (exact) mass is 289 g/mol. The molecule has 1 rings (SSSR count). The number of carbonyl (C=O) groups is 1. The van der Waals surface area contributed by atoms with E-state index in [2.05, 4.69) is 19.6 Å². The summed E-state index contributed by atoms with van der Waals surface area (Å²) in [6, 6.07) is 1.84. The molecule has 5 nitrogen and oxygen atoms in total. The number of nitrogens with zero attached hydrogens (tertiary/aromatic N) is 1. The summed E-state index contributed by atoms with van der Waals surface area (Å²) in [5.41, 5.74) is -0.278. The van der Waals surface area contributed by atoms with Crippen molar-refractivity contribution in [3.63, 3.8) is 0 Å². The third-order valence-corrected chi connectivity index (χ3v) is 4.45. The number of aliphatic hydroxyl groups is 1. The Bertz CT molecular complexity index is 453. The Morgan fingerprint density at radius 1 is 1.47 bits per heavy atom. The van der Waals surface area contributed by atoms with Gasteiger partial charge in [0.1, 0.15) is 18.2 Å². The summed E-state index contributed by atoms with van der Waals surface area (Å²) in [6.07, 6.45) is 0. The molecule has 0 spiro atoms. The highest BCUT2D eigenvalue weighted by Crippen LogP contribution is 2.16. The Labute approximate surface area is 112 Å². The summed E-state index contributed by atoms with van der Waals surface area (Å²) in [6.45, 7) is 6.48. The number of ether oxygens (including phenoxy) is 1. The fourth-order valence-electron chi connectivity index (χ4n) is 1.58. The normalized spacial score (nSPS) is 11.8. The molecule has 1 aromatic rings. The molecule has 2 N–H and O–H groups in total. The molecule has 0 saturated heterocycles. The zero-order valence-corrected chi connectivity index (χ0v) is 12.4. The first kappa shape index (κ1) is 15.9. The largest absolute Gasteiger partial charge is 0.477 e. The van der Waals surface area contributed by atoms with E-state index in [4.69, 9.17) is 14.9 Å². The van der Waals surface area contributed by atoms with Crippen LogP contribution in [0.25, 0.3) is 0 Å². The van der Waals surface area contributed by atoms with Crippen LogP contribution in [0.15, 0.2) is 6.07 Å². The minimum Gasteiger partial charge on any atom is -0.477 e. The van der Waals surface area contributed by atoms with Gasteiger partial charge in [-0.2, -0.15) is 0 Å². The van der Waals surface area contributed by atoms with Gasteiger partial charge in [-0.15, -0.1) is 0 Å². The molecule has 1 aromatic heterocycles. The molecule has 0 aliphatic carbocycles. The zero-order chi connectivity index (χ0) is 14.6. The summed E-state index contributed by atoms with van der Waals surface area (Å²) in [7, 11) is -1.22. The predicted molar refractivity (Wildman–Crippen MR) is 71.4 cm³/mol. The third-order valence-electron chi connectivity index (χ3n) is 2.74. The fraction of sp³-hybridized carbons (Fsp3) is 0.583. The van der Waals surface area contributed by atoms with Crippen LogP contribution in [0.1, 0.15) is 16.2 Å². The molecule has 0 bridgehead atoms. The third kappa shape index (κ3) is 4.45. The van der Waals surface area contributed by atoms with Crippen molar-refractivity contribution < 1.29 is 24.1 Å². The number of halogens is 1. The van der Waals surface area contributed by atoms with Gasteiger partial charge in [-0.25, -0.2) is 9.18 Å². The molecule has 0 aromatic carbocycles. The Hall–Kier alpha value is -1.18. The summed E-state index contributed by atoms with van der Waals surface area (Å²) in [5.74, 6) is -1.97. The quantitative estimate of drug-likeness (QED) is 0.596. The predicted octanol–water partition coefficient (Wildman–Crippen LogP) is 2.13. The van der Waals surface area contributed by atoms with Gasteiger partial charge in [0.05, 0.1) is 12.3 Å². The zero-order valence-electron chi connectivity index (χ0n) is 11.4. The maximum Gasteiger partial charge on any atom is 0.352 e. The first-order chi connectivity index (χ1) is 8.76. The first-order valence-electron chi connectivity index (χ1n) is 6.06. The van der Waals surface area contributed by atoms with E-state index in [0.717, 1.165) is 16.7 Å². The molecule has 0 atom stereocenters. The molecular formula is C12H20FNO4Si. The van der Waals surface area contributed by atoms with Crippen molar-refractivity contribution in [1.29, 1.82) is 0 Å². The van der Waals surface area contributed by atoms with Gasteiger partial charge >= 0.3 is 5.97 Å². The van der Waals surface area contributed by atoms with Gasteiger partial charge in [-0.1, -0.05) is 19.6 Å². The lowest BCUT2D eigenvalue weighted by molar-refractivity contribution is 0.0607. The van der Waals surface area contributed by atoms with Gasteiger partial charge in [-0.3, -0.25) is 0 Å². The second-order valence-electron chi connectivity index (χ2n) is 5.56. The minimum absolute atomic E-state index is 0.0636. The topological polar surface area (TPSA) is 71.7 Å². The summed E-state index contributed by atoms with van der Waals surface area (Å²) in [5, 5.41) is 18.0. The van der Waals surface area contributed by atoms with Crippen LogP contribution in [-0.2, 0) is 18.1 Å². The van der Waals surface area contributed by atoms with Crippen LogP contribution in [-0.4, -0.2) is 35.4 Å². The number of hydrogen-bond acceptors (Lipinski definition) is 3. The second-order valence-corrected chi connectivity index (χ2v) is 11.2. The van der Waals surface area contributed by atoms with Crippen LogP contribution in [0.5, 0.6) is 0 Å². The first-order valence-corrected chi connectivity index (χ1v) is 9.77. The lowest BCUT2D eigenvalue weighted by Crippen LogP contribution is -2.22. The van der Waals surface area contributed by atoms with Crippen LogP contribution < -0.4 is 0 Å². The molecule has 0 amide bonds. The van der Waals surface area contributed by atoms with E-state index in [1.54, 1.807) is 0 Å². The minimum atomic E-state index is -1.24. The highest BCUT2D eigenvalue weighted by atomic mass is 28.3. The standard InChI is InChI=1S/C12H20FNO4Si/c1-19(2,3)5-4-18-8-14-10(12(16)17)6-9(13)11(14)7-15/h6,15H,4-5,7-8H2,1-3H3,(H,16,17). The molecular weight excluding hydrogens is 269 g/mol. The molecule has 0 saturated carbocycles. The summed E-state index contributed by atoms with van der Waals surface area (Å²) in [4.78, 5) is 11.0. The molecule has 19 heavy (non-hydrogen) atoms. The van der Waals surface area contributed by atoms with Crippen molar-refractivity contribution in [3.8, 4) is 0 Å². The molecule has 0 fully saturated rings. The molecule has 7 heteroatoms. The fourth-order valence-corrected chi connectivity index (χ4v) is 2.33. The maximum absolute atomic E-state index is 13.4. The van der Waals surface area contributed by atoms with E-state index < -0.39 is 26.5 Å². The number of carboxylic acids is 1. The smallest absolute Gasteiger partial charge is 0.352 e. The van der Waals surface area contributed by atoms with Crippen LogP contribution in [0, 0.1) is 5.82 Å². The summed E-state index contributed by atoms with van der Waals surface area (Å²) < 4.78 is 20.0. The highest BCUT2D eigenvalue weighted by molar-refractivity contribution is 6.76. The van der Waals surface area contributed by atoms with E-state index in [-0.39, 0.29) is 18.1 Å². The number of aromatic carboxylic acids is 1. The Morgan fingerprint density at radius 3 is 2.58 bits per heavy atom. The molecule has 0 unspecified atom stereocenters. The van der Waals surface area contributed by atoms with Crippen LogP contribution in [0.3, 0.4) is 0 Å². The van der Waals surface area contributed by atoms with Gasteiger partial charge in [-0.05, 0) is 6.04 Å². The average Bonchev–Trinajstić information content (AvgIpc) is 2.60. The van der Waals surface area contributed by atoms with Crippen LogP contribution in [0.4, 0.5) is 4.39 Å². The van der Waals surface area contributed by atoms with Crippen molar-refractivity contribution in [3.05, 3.63) is 23.3 Å². The lowest BCUT2D eigenvalue weighted by atomic mass is 10.4. The lowest BCUT2D eigenvalue weighted by Gasteiger charge is -2.16. The summed E-state index contributed by atoms with van der Waals surface area (Å²) >= 11 is 0. The average molecular weight is 289 g/mol. The van der Waals surface area contributed by atoms with Crippen LogP contribution >= 0.6 is 0 Å². The Morgan fingerprint density at radius 2 is 2.11 bits per heavy atom. The van der Waals surface area contributed by atoms with Crippen molar-refractivity contribution in [2.45, 2.75) is 39.0 Å². The number of aromatic nitrogens is 1. The van der Waals surface area contributed by atoms with Crippen molar-refractivity contribution in [2.75, 3.05) is 6.61 Å². The van der Waals surface area contributed by atoms with Gasteiger partial charge in [0, 0.05) is 20.7 Å². The highest BCUT2D eigenvalue weighted by Gasteiger charge is 2.19. The van der Waals surface area contributed by atoms with Gasteiger partial charge in [0.25, 0.3) is 0 Å². The van der Waals surface area contributed by atoms with Gasteiger partial charge < -0.3 is 19.5 Å².